The van der Waals surface area contributed by atoms with Crippen LogP contribution < -0.4 is 15.8 Å². The lowest BCUT2D eigenvalue weighted by atomic mass is 10.0. The number of rotatable bonds is 8. The average Bonchev–Trinajstić information content (AvgIpc) is 2.74. The molecule has 1 radical (unpaired) electrons. The first kappa shape index (κ1) is 21.6. The van der Waals surface area contributed by atoms with Crippen molar-refractivity contribution in [3.05, 3.63) is 91.3 Å². The minimum Gasteiger partial charge on any atom is -0.491 e. The van der Waals surface area contributed by atoms with E-state index in [0.717, 1.165) is 18.6 Å². The summed E-state index contributed by atoms with van der Waals surface area (Å²) in [4.78, 5) is 11.9. The summed E-state index contributed by atoms with van der Waals surface area (Å²) in [6.45, 7) is 7.26. The summed E-state index contributed by atoms with van der Waals surface area (Å²) in [6.07, 6.45) is 1.94. The lowest BCUT2D eigenvalue weighted by Crippen LogP contribution is -2.45. The molecule has 0 fully saturated rings. The Morgan fingerprint density at radius 1 is 1.00 bits per heavy atom. The number of hydrogen-bond donors (Lipinski definition) is 2. The summed E-state index contributed by atoms with van der Waals surface area (Å²) in [7, 11) is 0. The van der Waals surface area contributed by atoms with Crippen LogP contribution >= 0.6 is 0 Å². The van der Waals surface area contributed by atoms with Gasteiger partial charge in [0.2, 0.25) is 5.91 Å². The third-order valence-electron chi connectivity index (χ3n) is 4.87. The molecule has 4 heteroatoms. The molecule has 0 spiro atoms. The van der Waals surface area contributed by atoms with Crippen LogP contribution in [0.1, 0.15) is 25.8 Å². The third-order valence-corrected chi connectivity index (χ3v) is 4.87. The maximum atomic E-state index is 11.9. The Bertz CT molecular complexity index is 943. The molecule has 0 heterocycles. The molecule has 1 unspecified atom stereocenters. The molecule has 4 nitrogen and oxygen atoms in total. The van der Waals surface area contributed by atoms with Crippen molar-refractivity contribution in [1.82, 2.24) is 0 Å². The molecule has 0 bridgehead atoms. The van der Waals surface area contributed by atoms with E-state index in [4.69, 9.17) is 10.5 Å². The monoisotopic (exact) mass is 401 g/mol. The number of nitrogens with one attached hydrogen (secondary N) is 1. The van der Waals surface area contributed by atoms with Crippen LogP contribution in [0.2, 0.25) is 0 Å². The Labute approximate surface area is 179 Å². The Kier molecular flexibility index (Phi) is 6.91. The maximum absolute atomic E-state index is 11.9. The predicted molar refractivity (Wildman–Crippen MR) is 123 cm³/mol. The van der Waals surface area contributed by atoms with Crippen LogP contribution in [0.4, 0.5) is 5.69 Å². The Morgan fingerprint density at radius 2 is 1.60 bits per heavy atom. The Balaban J connectivity index is 1.48. The minimum absolute atomic E-state index is 0.0754. The Hall–Kier alpha value is -3.11. The van der Waals surface area contributed by atoms with Gasteiger partial charge in [-0.2, -0.15) is 0 Å². The molecule has 0 aliphatic rings. The van der Waals surface area contributed by atoms with E-state index in [1.54, 1.807) is 19.1 Å². The summed E-state index contributed by atoms with van der Waals surface area (Å²) in [5, 5.41) is 2.74. The zero-order valence-electron chi connectivity index (χ0n) is 17.6. The molecule has 3 aromatic carbocycles. The predicted octanol–water partition coefficient (Wildman–Crippen LogP) is 5.24. The van der Waals surface area contributed by atoms with Gasteiger partial charge in [0.05, 0.1) is 11.6 Å². The van der Waals surface area contributed by atoms with E-state index in [9.17, 15) is 4.79 Å². The molecule has 1 amide bonds. The standard InChI is InChI=1S/C26H29N2O2/c1-19(30-24-17-15-23(16-18-24)28-25(29)26(2,3)27)9-10-20-11-13-22(14-12-20)21-7-5-4-6-8-21/h4-8,11-19H,2,9-10,27H2,1,3H3,(H,28,29)/t19?,26-/m0/s1. The van der Waals surface area contributed by atoms with Gasteiger partial charge in [-0.3, -0.25) is 4.79 Å². The van der Waals surface area contributed by atoms with Crippen molar-refractivity contribution < 1.29 is 9.53 Å². The number of ether oxygens (including phenoxy) is 1. The van der Waals surface area contributed by atoms with Gasteiger partial charge in [-0.05, 0) is 74.6 Å². The highest BCUT2D eigenvalue weighted by Crippen LogP contribution is 2.21. The summed E-state index contributed by atoms with van der Waals surface area (Å²) in [5.41, 5.74) is 8.94. The number of hydrogen-bond acceptors (Lipinski definition) is 3. The molecule has 2 atom stereocenters. The molecular weight excluding hydrogens is 372 g/mol. The van der Waals surface area contributed by atoms with Crippen LogP contribution in [-0.4, -0.2) is 17.6 Å². The molecule has 0 aliphatic carbocycles. The van der Waals surface area contributed by atoms with Gasteiger partial charge in [0.15, 0.2) is 0 Å². The zero-order chi connectivity index (χ0) is 21.6. The fourth-order valence-electron chi connectivity index (χ4n) is 3.05. The van der Waals surface area contributed by atoms with Gasteiger partial charge >= 0.3 is 0 Å². The van der Waals surface area contributed by atoms with Crippen molar-refractivity contribution in [2.24, 2.45) is 5.73 Å². The number of aryl methyl sites for hydroxylation is 1. The maximum Gasteiger partial charge on any atom is 0.244 e. The second kappa shape index (κ2) is 9.59. The van der Waals surface area contributed by atoms with Gasteiger partial charge in [0.1, 0.15) is 5.75 Å². The van der Waals surface area contributed by atoms with E-state index in [-0.39, 0.29) is 12.0 Å². The van der Waals surface area contributed by atoms with Crippen molar-refractivity contribution in [2.45, 2.75) is 38.3 Å². The van der Waals surface area contributed by atoms with Crippen molar-refractivity contribution >= 4 is 11.6 Å². The molecule has 0 saturated carbocycles. The van der Waals surface area contributed by atoms with E-state index in [1.165, 1.54) is 16.7 Å². The number of anilines is 1. The highest BCUT2D eigenvalue weighted by atomic mass is 16.5. The fraction of sp³-hybridized carbons (Fsp3) is 0.231. The average molecular weight is 402 g/mol. The van der Waals surface area contributed by atoms with Crippen molar-refractivity contribution in [2.75, 3.05) is 5.32 Å². The second-order valence-corrected chi connectivity index (χ2v) is 7.93. The molecule has 0 aliphatic heterocycles. The molecule has 0 saturated heterocycles. The molecule has 155 valence electrons. The second-order valence-electron chi connectivity index (χ2n) is 7.93. The number of carbonyl (C=O) groups excluding carboxylic acids is 1. The van der Waals surface area contributed by atoms with Crippen molar-refractivity contribution in [1.29, 1.82) is 0 Å². The fourth-order valence-corrected chi connectivity index (χ4v) is 3.05. The van der Waals surface area contributed by atoms with Gasteiger partial charge in [0, 0.05) is 5.69 Å². The highest BCUT2D eigenvalue weighted by Gasteiger charge is 2.21. The summed E-state index contributed by atoms with van der Waals surface area (Å²) in [5.74, 6) is 0.438. The highest BCUT2D eigenvalue weighted by molar-refractivity contribution is 5.98. The molecule has 30 heavy (non-hydrogen) atoms. The lowest BCUT2D eigenvalue weighted by molar-refractivity contribution is -0.119. The van der Waals surface area contributed by atoms with Gasteiger partial charge < -0.3 is 15.8 Å². The van der Waals surface area contributed by atoms with Crippen LogP contribution in [0.15, 0.2) is 78.9 Å². The number of benzene rings is 3. The van der Waals surface area contributed by atoms with E-state index in [0.29, 0.717) is 5.69 Å². The van der Waals surface area contributed by atoms with Crippen molar-refractivity contribution in [3.63, 3.8) is 0 Å². The number of nitrogens with two attached hydrogens (primary N) is 1. The van der Waals surface area contributed by atoms with Crippen LogP contribution in [0.3, 0.4) is 0 Å². The number of carbonyl (C=O) groups is 1. The first-order valence-electron chi connectivity index (χ1n) is 10.2. The van der Waals surface area contributed by atoms with E-state index >= 15 is 0 Å². The molecule has 3 N–H and O–H groups in total. The summed E-state index contributed by atoms with van der Waals surface area (Å²) < 4.78 is 6.01. The number of amides is 1. The van der Waals surface area contributed by atoms with Gasteiger partial charge in [-0.1, -0.05) is 54.6 Å². The quantitative estimate of drug-likeness (QED) is 0.542. The van der Waals surface area contributed by atoms with Crippen LogP contribution in [0, 0.1) is 6.92 Å². The zero-order valence-corrected chi connectivity index (χ0v) is 17.6. The molecule has 3 aromatic rings. The van der Waals surface area contributed by atoms with Crippen LogP contribution in [0.25, 0.3) is 11.1 Å². The van der Waals surface area contributed by atoms with E-state index in [2.05, 4.69) is 67.7 Å². The first-order valence-corrected chi connectivity index (χ1v) is 10.2. The van der Waals surface area contributed by atoms with Crippen LogP contribution in [0.5, 0.6) is 5.75 Å². The SMILES string of the molecule is [CH2][C@@](C)(N)C(=O)Nc1ccc(OC(C)CCc2ccc(-c3ccccc3)cc2)cc1. The van der Waals surface area contributed by atoms with E-state index < -0.39 is 5.54 Å². The first-order chi connectivity index (χ1) is 14.3. The minimum atomic E-state index is -1.16. The van der Waals surface area contributed by atoms with Crippen molar-refractivity contribution in [3.8, 4) is 16.9 Å². The molecule has 3 rings (SSSR count). The molecular formula is C26H29N2O2. The Morgan fingerprint density at radius 3 is 2.20 bits per heavy atom. The van der Waals surface area contributed by atoms with Gasteiger partial charge in [-0.15, -0.1) is 0 Å². The van der Waals surface area contributed by atoms with Crippen LogP contribution in [-0.2, 0) is 11.2 Å². The third kappa shape index (κ3) is 6.19. The summed E-state index contributed by atoms with van der Waals surface area (Å²) >= 11 is 0. The largest absolute Gasteiger partial charge is 0.491 e. The topological polar surface area (TPSA) is 64.4 Å². The summed E-state index contributed by atoms with van der Waals surface area (Å²) in [6, 6.07) is 26.4. The van der Waals surface area contributed by atoms with Gasteiger partial charge in [-0.25, -0.2) is 0 Å². The van der Waals surface area contributed by atoms with E-state index in [1.807, 2.05) is 18.2 Å². The molecule has 0 aromatic heterocycles. The smallest absolute Gasteiger partial charge is 0.244 e. The normalized spacial score (nSPS) is 12.3. The lowest BCUT2D eigenvalue weighted by Gasteiger charge is -2.18. The van der Waals surface area contributed by atoms with Gasteiger partial charge in [0.25, 0.3) is 0 Å².